The number of allylic oxidation sites excluding steroid dienone is 7. The molecule has 0 aliphatic heterocycles. The highest BCUT2D eigenvalue weighted by Gasteiger charge is 2.24. The van der Waals surface area contributed by atoms with Crippen LogP contribution in [-0.4, -0.2) is 6.26 Å². The standard InChI is InChI=1S/C19H24S.C2H6/c1-6-8-13-17(3)20(5,18(4)14-9-7-2)19-15-11-10-12-16-19;1-2/h6-16H,1,3H2,2,4-5H3;1-2H3/b9-7-,13-8-,18-14+;. The van der Waals surface area contributed by atoms with Crippen LogP contribution in [0.4, 0.5) is 0 Å². The molecule has 0 bridgehead atoms. The molecule has 0 fully saturated rings. The van der Waals surface area contributed by atoms with Gasteiger partial charge in [0.15, 0.2) is 0 Å². The van der Waals surface area contributed by atoms with E-state index in [4.69, 9.17) is 0 Å². The van der Waals surface area contributed by atoms with Crippen molar-refractivity contribution in [1.29, 1.82) is 0 Å². The summed E-state index contributed by atoms with van der Waals surface area (Å²) in [7, 11) is -1.24. The second-order valence-electron chi connectivity index (χ2n) is 4.60. The van der Waals surface area contributed by atoms with Crippen molar-refractivity contribution < 1.29 is 0 Å². The van der Waals surface area contributed by atoms with E-state index in [0.717, 1.165) is 4.91 Å². The predicted octanol–water partition coefficient (Wildman–Crippen LogP) is 7.24. The van der Waals surface area contributed by atoms with Crippen LogP contribution in [0, 0.1) is 0 Å². The van der Waals surface area contributed by atoms with Gasteiger partial charge in [0.2, 0.25) is 0 Å². The highest BCUT2D eigenvalue weighted by molar-refractivity contribution is 8.39. The van der Waals surface area contributed by atoms with E-state index in [2.05, 4.69) is 81.0 Å². The summed E-state index contributed by atoms with van der Waals surface area (Å²) in [6.45, 7) is 16.3. The third kappa shape index (κ3) is 5.23. The number of hydrogen-bond donors (Lipinski definition) is 0. The Balaban J connectivity index is 0.00000211. The molecule has 1 heteroatoms. The molecule has 0 saturated carbocycles. The fraction of sp³-hybridized carbons (Fsp3) is 0.238. The van der Waals surface area contributed by atoms with Gasteiger partial charge in [-0.25, -0.2) is 0 Å². The summed E-state index contributed by atoms with van der Waals surface area (Å²) in [5, 5.41) is 0. The SMILES string of the molecule is C=C/C=C\C(=C)S(C)(/C(C)=C/C=C\C)c1ccccc1.CC. The Labute approximate surface area is 139 Å². The van der Waals surface area contributed by atoms with E-state index in [1.165, 1.54) is 9.80 Å². The van der Waals surface area contributed by atoms with Crippen molar-refractivity contribution in [3.05, 3.63) is 89.8 Å². The molecule has 0 heterocycles. The maximum atomic E-state index is 4.31. The van der Waals surface area contributed by atoms with E-state index < -0.39 is 10.0 Å². The molecular formula is C21H30S. The van der Waals surface area contributed by atoms with Gasteiger partial charge in [-0.05, 0) is 46.9 Å². The minimum atomic E-state index is -1.24. The number of rotatable bonds is 6. The number of hydrogen-bond acceptors (Lipinski definition) is 0. The monoisotopic (exact) mass is 314 g/mol. The first-order valence-corrected chi connectivity index (χ1v) is 9.72. The first-order chi connectivity index (χ1) is 10.6. The zero-order valence-electron chi connectivity index (χ0n) is 14.7. The predicted molar refractivity (Wildman–Crippen MR) is 107 cm³/mol. The van der Waals surface area contributed by atoms with E-state index in [-0.39, 0.29) is 0 Å². The molecule has 0 radical (unpaired) electrons. The van der Waals surface area contributed by atoms with Crippen molar-refractivity contribution in [3.63, 3.8) is 0 Å². The van der Waals surface area contributed by atoms with Crippen molar-refractivity contribution in [2.75, 3.05) is 6.26 Å². The van der Waals surface area contributed by atoms with E-state index in [9.17, 15) is 0 Å². The van der Waals surface area contributed by atoms with Crippen molar-refractivity contribution in [2.24, 2.45) is 0 Å². The molecule has 120 valence electrons. The summed E-state index contributed by atoms with van der Waals surface area (Å²) in [4.78, 5) is 3.82. The summed E-state index contributed by atoms with van der Waals surface area (Å²) in [5.41, 5.74) is 0. The number of benzene rings is 1. The van der Waals surface area contributed by atoms with E-state index in [1.807, 2.05) is 26.8 Å². The summed E-state index contributed by atoms with van der Waals surface area (Å²) in [5.74, 6) is 0. The second kappa shape index (κ2) is 10.9. The van der Waals surface area contributed by atoms with Gasteiger partial charge in [0.05, 0.1) is 0 Å². The van der Waals surface area contributed by atoms with Gasteiger partial charge < -0.3 is 0 Å². The lowest BCUT2D eigenvalue weighted by Gasteiger charge is -2.38. The van der Waals surface area contributed by atoms with Crippen molar-refractivity contribution in [2.45, 2.75) is 32.6 Å². The summed E-state index contributed by atoms with van der Waals surface area (Å²) in [6.07, 6.45) is 14.5. The van der Waals surface area contributed by atoms with Crippen LogP contribution < -0.4 is 0 Å². The Morgan fingerprint density at radius 2 is 1.68 bits per heavy atom. The largest absolute Gasteiger partial charge is 0.168 e. The van der Waals surface area contributed by atoms with Crippen LogP contribution in [0.1, 0.15) is 27.7 Å². The lowest BCUT2D eigenvalue weighted by Crippen LogP contribution is -2.02. The van der Waals surface area contributed by atoms with Crippen LogP contribution in [-0.2, 0) is 0 Å². The molecule has 1 aromatic rings. The van der Waals surface area contributed by atoms with E-state index in [0.29, 0.717) is 0 Å². The smallest absolute Gasteiger partial charge is 0.00242 e. The Morgan fingerprint density at radius 3 is 2.18 bits per heavy atom. The molecule has 0 aliphatic carbocycles. The van der Waals surface area contributed by atoms with Crippen LogP contribution in [0.25, 0.3) is 0 Å². The lowest BCUT2D eigenvalue weighted by atomic mass is 10.4. The molecule has 0 saturated heterocycles. The average molecular weight is 315 g/mol. The zero-order chi connectivity index (χ0) is 17.0. The molecule has 1 unspecified atom stereocenters. The van der Waals surface area contributed by atoms with Crippen molar-refractivity contribution in [3.8, 4) is 0 Å². The van der Waals surface area contributed by atoms with Crippen LogP contribution >= 0.6 is 10.0 Å². The van der Waals surface area contributed by atoms with Crippen LogP contribution in [0.5, 0.6) is 0 Å². The second-order valence-corrected chi connectivity index (χ2v) is 8.07. The fourth-order valence-corrected chi connectivity index (χ4v) is 4.41. The van der Waals surface area contributed by atoms with Gasteiger partial charge in [-0.3, -0.25) is 0 Å². The molecule has 1 rings (SSSR count). The molecule has 1 aromatic carbocycles. The average Bonchev–Trinajstić information content (AvgIpc) is 2.59. The van der Waals surface area contributed by atoms with Crippen LogP contribution in [0.2, 0.25) is 0 Å². The Kier molecular flexibility index (Phi) is 10.1. The van der Waals surface area contributed by atoms with Gasteiger partial charge in [0, 0.05) is 0 Å². The third-order valence-electron chi connectivity index (χ3n) is 3.32. The molecule has 22 heavy (non-hydrogen) atoms. The van der Waals surface area contributed by atoms with Gasteiger partial charge in [-0.15, -0.1) is 0 Å². The van der Waals surface area contributed by atoms with Gasteiger partial charge in [-0.2, -0.15) is 10.0 Å². The summed E-state index contributed by atoms with van der Waals surface area (Å²) >= 11 is 0. The molecule has 0 spiro atoms. The van der Waals surface area contributed by atoms with Crippen LogP contribution in [0.15, 0.2) is 94.7 Å². The Bertz CT molecular complexity index is 547. The minimum Gasteiger partial charge on any atom is -0.168 e. The van der Waals surface area contributed by atoms with Crippen molar-refractivity contribution >= 4 is 10.0 Å². The third-order valence-corrected chi connectivity index (χ3v) is 7.15. The summed E-state index contributed by atoms with van der Waals surface area (Å²) in [6, 6.07) is 10.6. The minimum absolute atomic E-state index is 1.14. The quantitative estimate of drug-likeness (QED) is 0.485. The maximum absolute atomic E-state index is 4.31. The molecule has 0 aromatic heterocycles. The van der Waals surface area contributed by atoms with E-state index in [1.54, 1.807) is 6.08 Å². The van der Waals surface area contributed by atoms with Gasteiger partial charge in [0.1, 0.15) is 0 Å². The molecule has 0 N–H and O–H groups in total. The maximum Gasteiger partial charge on any atom is -0.00242 e. The normalized spacial score (nSPS) is 15.8. The zero-order valence-corrected chi connectivity index (χ0v) is 15.5. The van der Waals surface area contributed by atoms with E-state index >= 15 is 0 Å². The fourth-order valence-electron chi connectivity index (χ4n) is 1.92. The van der Waals surface area contributed by atoms with Gasteiger partial charge in [0.25, 0.3) is 0 Å². The first-order valence-electron chi connectivity index (χ1n) is 7.68. The molecule has 0 nitrogen and oxygen atoms in total. The highest BCUT2D eigenvalue weighted by atomic mass is 32.3. The molecule has 1 atom stereocenters. The Morgan fingerprint density at radius 1 is 1.09 bits per heavy atom. The summed E-state index contributed by atoms with van der Waals surface area (Å²) < 4.78 is 0. The molecule has 0 amide bonds. The topological polar surface area (TPSA) is 0 Å². The van der Waals surface area contributed by atoms with Gasteiger partial charge in [-0.1, -0.05) is 81.7 Å². The van der Waals surface area contributed by atoms with Crippen LogP contribution in [0.3, 0.4) is 0 Å². The van der Waals surface area contributed by atoms with Crippen molar-refractivity contribution in [1.82, 2.24) is 0 Å². The lowest BCUT2D eigenvalue weighted by molar-refractivity contribution is 1.42. The first kappa shape index (κ1) is 20.3. The molecular weight excluding hydrogens is 284 g/mol. The highest BCUT2D eigenvalue weighted by Crippen LogP contribution is 2.64. The molecule has 0 aliphatic rings. The van der Waals surface area contributed by atoms with Gasteiger partial charge >= 0.3 is 0 Å². The Hall–Kier alpha value is -1.73.